The first-order valence-electron chi connectivity index (χ1n) is 9.02. The largest absolute Gasteiger partial charge is 0.490 e. The first kappa shape index (κ1) is 23.2. The van der Waals surface area contributed by atoms with Crippen LogP contribution in [0, 0.1) is 17.2 Å². The Kier molecular flexibility index (Phi) is 7.04. The van der Waals surface area contributed by atoms with E-state index in [0.717, 1.165) is 6.42 Å². The summed E-state index contributed by atoms with van der Waals surface area (Å²) in [5.74, 6) is -2.43. The second-order valence-electron chi connectivity index (χ2n) is 7.06. The smallest absolute Gasteiger partial charge is 0.475 e. The molecule has 2 N–H and O–H groups in total. The zero-order valence-corrected chi connectivity index (χ0v) is 16.3. The predicted molar refractivity (Wildman–Crippen MR) is 98.3 cm³/mol. The molecule has 2 saturated heterocycles. The highest BCUT2D eigenvalue weighted by molar-refractivity contribution is 5.95. The molecule has 162 valence electrons. The Morgan fingerprint density at radius 1 is 1.27 bits per heavy atom. The van der Waals surface area contributed by atoms with Crippen molar-refractivity contribution in [3.05, 3.63) is 35.4 Å². The maximum atomic E-state index is 12.6. The summed E-state index contributed by atoms with van der Waals surface area (Å²) in [5, 5.41) is 18.8. The molecule has 30 heavy (non-hydrogen) atoms. The van der Waals surface area contributed by atoms with Crippen LogP contribution < -0.4 is 5.32 Å². The van der Waals surface area contributed by atoms with Crippen molar-refractivity contribution in [2.24, 2.45) is 5.92 Å². The highest BCUT2D eigenvalue weighted by Crippen LogP contribution is 2.35. The van der Waals surface area contributed by atoms with Gasteiger partial charge in [-0.2, -0.15) is 18.4 Å². The SMILES string of the molecule is CNC(=O)[C@H]1C[C@@H]2CN(C(=O)c3cccc(C#N)c3)C[C@@H]2N1C.O=C(O)C(F)(F)F. The fraction of sp³-hybridized carbons (Fsp3) is 0.474. The van der Waals surface area contributed by atoms with Crippen molar-refractivity contribution in [3.8, 4) is 6.07 Å². The monoisotopic (exact) mass is 426 g/mol. The number of aliphatic carboxylic acids is 1. The number of rotatable bonds is 2. The molecule has 0 aromatic heterocycles. The molecule has 0 spiro atoms. The Balaban J connectivity index is 0.000000396. The zero-order chi connectivity index (χ0) is 22.6. The van der Waals surface area contributed by atoms with E-state index in [1.165, 1.54) is 0 Å². The Hall–Kier alpha value is -3.13. The number of benzene rings is 1. The van der Waals surface area contributed by atoms with Crippen LogP contribution in [-0.4, -0.2) is 78.1 Å². The molecule has 8 nitrogen and oxygen atoms in total. The second-order valence-corrected chi connectivity index (χ2v) is 7.06. The maximum absolute atomic E-state index is 12.6. The Labute approximate surface area is 170 Å². The zero-order valence-electron chi connectivity index (χ0n) is 16.3. The summed E-state index contributed by atoms with van der Waals surface area (Å²) in [6.07, 6.45) is -4.30. The third kappa shape index (κ3) is 5.07. The predicted octanol–water partition coefficient (Wildman–Crippen LogP) is 1.08. The number of carboxylic acids is 1. The molecule has 0 saturated carbocycles. The average Bonchev–Trinajstić information content (AvgIpc) is 3.26. The van der Waals surface area contributed by atoms with Gasteiger partial charge in [-0.15, -0.1) is 0 Å². The first-order valence-corrected chi connectivity index (χ1v) is 9.02. The second kappa shape index (κ2) is 9.13. The lowest BCUT2D eigenvalue weighted by Gasteiger charge is -2.25. The van der Waals surface area contributed by atoms with Gasteiger partial charge in [0.25, 0.3) is 5.91 Å². The summed E-state index contributed by atoms with van der Waals surface area (Å²) < 4.78 is 31.7. The molecule has 11 heteroatoms. The number of alkyl halides is 3. The van der Waals surface area contributed by atoms with E-state index in [2.05, 4.69) is 16.3 Å². The van der Waals surface area contributed by atoms with E-state index >= 15 is 0 Å². The van der Waals surface area contributed by atoms with Crippen molar-refractivity contribution in [2.75, 3.05) is 27.2 Å². The molecule has 3 atom stereocenters. The molecule has 2 aliphatic rings. The number of carbonyl (C=O) groups is 3. The molecule has 0 bridgehead atoms. The summed E-state index contributed by atoms with van der Waals surface area (Å²) in [5.41, 5.74) is 1.04. The van der Waals surface area contributed by atoms with Crippen molar-refractivity contribution in [1.29, 1.82) is 5.26 Å². The van der Waals surface area contributed by atoms with Crippen molar-refractivity contribution in [3.63, 3.8) is 0 Å². The van der Waals surface area contributed by atoms with Gasteiger partial charge in [0.05, 0.1) is 17.7 Å². The topological polar surface area (TPSA) is 114 Å². The molecule has 0 aliphatic carbocycles. The third-order valence-electron chi connectivity index (χ3n) is 5.26. The molecule has 0 unspecified atom stereocenters. The Bertz CT molecular complexity index is 868. The van der Waals surface area contributed by atoms with E-state index in [0.29, 0.717) is 30.1 Å². The Morgan fingerprint density at radius 2 is 1.90 bits per heavy atom. The van der Waals surface area contributed by atoms with Crippen molar-refractivity contribution in [1.82, 2.24) is 15.1 Å². The molecule has 0 radical (unpaired) electrons. The number of halogens is 3. The van der Waals surface area contributed by atoms with Gasteiger partial charge in [-0.05, 0) is 37.6 Å². The molecule has 2 amide bonds. The van der Waals surface area contributed by atoms with Crippen molar-refractivity contribution >= 4 is 17.8 Å². The van der Waals surface area contributed by atoms with Gasteiger partial charge in [-0.3, -0.25) is 14.5 Å². The molecule has 3 rings (SSSR count). The Morgan fingerprint density at radius 3 is 2.40 bits per heavy atom. The van der Waals surface area contributed by atoms with Gasteiger partial charge in [-0.25, -0.2) is 4.79 Å². The minimum atomic E-state index is -5.08. The van der Waals surface area contributed by atoms with Gasteiger partial charge in [0.15, 0.2) is 0 Å². The van der Waals surface area contributed by atoms with Gasteiger partial charge >= 0.3 is 12.1 Å². The van der Waals surface area contributed by atoms with Gasteiger partial charge in [0.1, 0.15) is 0 Å². The lowest BCUT2D eigenvalue weighted by atomic mass is 10.0. The highest BCUT2D eigenvalue weighted by atomic mass is 19.4. The number of nitriles is 1. The van der Waals surface area contributed by atoms with E-state index in [1.54, 1.807) is 31.3 Å². The average molecular weight is 426 g/mol. The molecule has 2 fully saturated rings. The number of hydrogen-bond donors (Lipinski definition) is 2. The van der Waals surface area contributed by atoms with E-state index in [-0.39, 0.29) is 23.9 Å². The molecular formula is C19H21F3N4O4. The van der Waals surface area contributed by atoms with Gasteiger partial charge in [-0.1, -0.05) is 6.07 Å². The van der Waals surface area contributed by atoms with E-state index in [9.17, 15) is 22.8 Å². The quantitative estimate of drug-likeness (QED) is 0.732. The maximum Gasteiger partial charge on any atom is 0.490 e. The number of carboxylic acid groups (broad SMARTS) is 1. The summed E-state index contributed by atoms with van der Waals surface area (Å²) >= 11 is 0. The van der Waals surface area contributed by atoms with Crippen LogP contribution in [0.25, 0.3) is 0 Å². The number of nitrogens with zero attached hydrogens (tertiary/aromatic N) is 3. The van der Waals surface area contributed by atoms with E-state index in [1.807, 2.05) is 11.9 Å². The summed E-state index contributed by atoms with van der Waals surface area (Å²) in [4.78, 5) is 37.4. The van der Waals surface area contributed by atoms with E-state index in [4.69, 9.17) is 15.2 Å². The van der Waals surface area contributed by atoms with Gasteiger partial charge in [0, 0.05) is 31.7 Å². The van der Waals surface area contributed by atoms with Crippen LogP contribution in [0.3, 0.4) is 0 Å². The van der Waals surface area contributed by atoms with Crippen LogP contribution >= 0.6 is 0 Å². The lowest BCUT2D eigenvalue weighted by molar-refractivity contribution is -0.192. The number of amides is 2. The summed E-state index contributed by atoms with van der Waals surface area (Å²) in [7, 11) is 3.61. The number of nitrogens with one attached hydrogen (secondary N) is 1. The number of carbonyl (C=O) groups excluding carboxylic acids is 2. The molecular weight excluding hydrogens is 405 g/mol. The van der Waals surface area contributed by atoms with Crippen molar-refractivity contribution < 1.29 is 32.7 Å². The number of likely N-dealkylation sites (tertiary alicyclic amines) is 2. The molecule has 2 aliphatic heterocycles. The fourth-order valence-electron chi connectivity index (χ4n) is 3.76. The number of hydrogen-bond acceptors (Lipinski definition) is 5. The standard InChI is InChI=1S/C17H20N4O2.C2HF3O2/c1-19-16(22)14-7-13-9-21(10-15(13)20(14)2)17(23)12-5-3-4-11(6-12)8-18;3-2(4,5)1(6)7/h3-6,13-15H,7,9-10H2,1-2H3,(H,19,22);(H,6,7)/t13-,14-,15+;/m1./s1. The number of likely N-dealkylation sites (N-methyl/N-ethyl adjacent to an activating group) is 2. The van der Waals surface area contributed by atoms with Crippen LogP contribution in [0.4, 0.5) is 13.2 Å². The minimum absolute atomic E-state index is 0.0404. The van der Waals surface area contributed by atoms with Crippen LogP contribution in [0.2, 0.25) is 0 Å². The normalized spacial score (nSPS) is 23.1. The minimum Gasteiger partial charge on any atom is -0.475 e. The highest BCUT2D eigenvalue weighted by Gasteiger charge is 2.48. The summed E-state index contributed by atoms with van der Waals surface area (Å²) in [6, 6.07) is 8.98. The van der Waals surface area contributed by atoms with Crippen LogP contribution in [0.5, 0.6) is 0 Å². The summed E-state index contributed by atoms with van der Waals surface area (Å²) in [6.45, 7) is 1.29. The third-order valence-corrected chi connectivity index (χ3v) is 5.26. The van der Waals surface area contributed by atoms with E-state index < -0.39 is 12.1 Å². The van der Waals surface area contributed by atoms with Crippen LogP contribution in [-0.2, 0) is 9.59 Å². The van der Waals surface area contributed by atoms with Crippen LogP contribution in [0.1, 0.15) is 22.3 Å². The fourth-order valence-corrected chi connectivity index (χ4v) is 3.76. The van der Waals surface area contributed by atoms with Crippen molar-refractivity contribution in [2.45, 2.75) is 24.7 Å². The number of fused-ring (bicyclic) bond motifs is 1. The molecule has 1 aromatic carbocycles. The van der Waals surface area contributed by atoms with Crippen LogP contribution in [0.15, 0.2) is 24.3 Å². The van der Waals surface area contributed by atoms with Gasteiger partial charge in [0.2, 0.25) is 5.91 Å². The molecule has 1 aromatic rings. The molecule has 2 heterocycles. The lowest BCUT2D eigenvalue weighted by Crippen LogP contribution is -2.45. The first-order chi connectivity index (χ1) is 14.0. The van der Waals surface area contributed by atoms with Gasteiger partial charge < -0.3 is 15.3 Å².